The highest BCUT2D eigenvalue weighted by Crippen LogP contribution is 2.36. The number of aromatic nitrogens is 1. The standard InChI is InChI=1S/C29H30N4O4S/c1-19-9-5-6-10-22(19)18-31-28(34)27(38-29(31)35)16-23-15-20(2)32(21(23)3)24-11-12-25(26(17-24)33(36)37)30-13-7-4-8-14-30/h5-6,9-12,15-17H,4,7-8,13-14,18H2,1-3H3/b27-16-. The van der Waals surface area contributed by atoms with Crippen LogP contribution in [-0.2, 0) is 11.3 Å². The van der Waals surface area contributed by atoms with E-state index in [0.717, 1.165) is 72.2 Å². The van der Waals surface area contributed by atoms with E-state index < -0.39 is 0 Å². The van der Waals surface area contributed by atoms with Gasteiger partial charge in [0.25, 0.3) is 16.8 Å². The molecule has 2 amide bonds. The minimum atomic E-state index is -0.313. The van der Waals surface area contributed by atoms with Gasteiger partial charge in [-0.3, -0.25) is 24.6 Å². The number of carbonyl (C=O) groups is 2. The molecule has 0 N–H and O–H groups in total. The first kappa shape index (κ1) is 25.8. The lowest BCUT2D eigenvalue weighted by Gasteiger charge is -2.28. The van der Waals surface area contributed by atoms with E-state index in [-0.39, 0.29) is 28.3 Å². The third kappa shape index (κ3) is 4.86. The number of hydrogen-bond acceptors (Lipinski definition) is 6. The van der Waals surface area contributed by atoms with Gasteiger partial charge in [0.1, 0.15) is 5.69 Å². The number of nitrogens with zero attached hydrogens (tertiary/aromatic N) is 4. The maximum atomic E-state index is 13.1. The summed E-state index contributed by atoms with van der Waals surface area (Å²) in [6.45, 7) is 7.69. The first-order valence-corrected chi connectivity index (χ1v) is 13.6. The third-order valence-electron chi connectivity index (χ3n) is 7.33. The predicted octanol–water partition coefficient (Wildman–Crippen LogP) is 6.54. The van der Waals surface area contributed by atoms with Crippen LogP contribution in [-0.4, -0.2) is 38.6 Å². The summed E-state index contributed by atoms with van der Waals surface area (Å²) in [5, 5.41) is 11.7. The molecule has 0 bridgehead atoms. The number of hydrogen-bond donors (Lipinski definition) is 0. The molecular weight excluding hydrogens is 500 g/mol. The minimum Gasteiger partial charge on any atom is -0.366 e. The van der Waals surface area contributed by atoms with Gasteiger partial charge in [0, 0.05) is 30.5 Å². The van der Waals surface area contributed by atoms with Crippen LogP contribution >= 0.6 is 11.8 Å². The van der Waals surface area contributed by atoms with Crippen LogP contribution in [0.4, 0.5) is 16.2 Å². The van der Waals surface area contributed by atoms with Crippen LogP contribution in [0.3, 0.4) is 0 Å². The number of anilines is 1. The van der Waals surface area contributed by atoms with E-state index in [9.17, 15) is 19.7 Å². The van der Waals surface area contributed by atoms with Gasteiger partial charge in [-0.05, 0) is 92.8 Å². The van der Waals surface area contributed by atoms with Gasteiger partial charge in [0.2, 0.25) is 0 Å². The molecule has 2 aromatic carbocycles. The van der Waals surface area contributed by atoms with E-state index in [1.165, 1.54) is 4.90 Å². The van der Waals surface area contributed by atoms with Crippen molar-refractivity contribution >= 4 is 40.4 Å². The maximum Gasteiger partial charge on any atom is 0.294 e. The first-order valence-electron chi connectivity index (χ1n) is 12.8. The first-order chi connectivity index (χ1) is 18.2. The summed E-state index contributed by atoms with van der Waals surface area (Å²) in [4.78, 5) is 41.3. The minimum absolute atomic E-state index is 0.0933. The van der Waals surface area contributed by atoms with Crippen molar-refractivity contribution < 1.29 is 14.5 Å². The van der Waals surface area contributed by atoms with Crippen LogP contribution in [0.25, 0.3) is 11.8 Å². The Bertz CT molecular complexity index is 1470. The Morgan fingerprint density at radius 2 is 1.74 bits per heavy atom. The topological polar surface area (TPSA) is 88.7 Å². The van der Waals surface area contributed by atoms with E-state index in [2.05, 4.69) is 4.90 Å². The summed E-state index contributed by atoms with van der Waals surface area (Å²) in [7, 11) is 0. The quantitative estimate of drug-likeness (QED) is 0.204. The number of nitro benzene ring substituents is 1. The van der Waals surface area contributed by atoms with Gasteiger partial charge >= 0.3 is 0 Å². The second kappa shape index (κ2) is 10.5. The van der Waals surface area contributed by atoms with Crippen LogP contribution in [0, 0.1) is 30.9 Å². The van der Waals surface area contributed by atoms with Gasteiger partial charge < -0.3 is 9.47 Å². The molecule has 0 aliphatic carbocycles. The lowest BCUT2D eigenvalue weighted by Crippen LogP contribution is -2.30. The fourth-order valence-corrected chi connectivity index (χ4v) is 6.09. The van der Waals surface area contributed by atoms with Crippen LogP contribution in [0.5, 0.6) is 0 Å². The molecule has 0 radical (unpaired) electrons. The Morgan fingerprint density at radius 1 is 1.00 bits per heavy atom. The molecule has 38 heavy (non-hydrogen) atoms. The van der Waals surface area contributed by atoms with Gasteiger partial charge in [0.15, 0.2) is 0 Å². The molecule has 196 valence electrons. The van der Waals surface area contributed by atoms with Crippen LogP contribution in [0.2, 0.25) is 0 Å². The fourth-order valence-electron chi connectivity index (χ4n) is 5.27. The van der Waals surface area contributed by atoms with Crippen molar-refractivity contribution in [2.75, 3.05) is 18.0 Å². The molecule has 9 heteroatoms. The van der Waals surface area contributed by atoms with Crippen molar-refractivity contribution in [2.24, 2.45) is 0 Å². The molecule has 2 aliphatic heterocycles. The zero-order valence-electron chi connectivity index (χ0n) is 21.8. The maximum absolute atomic E-state index is 13.1. The monoisotopic (exact) mass is 530 g/mol. The molecule has 1 aromatic heterocycles. The van der Waals surface area contributed by atoms with E-state index in [1.54, 1.807) is 12.1 Å². The van der Waals surface area contributed by atoms with Crippen molar-refractivity contribution in [3.05, 3.63) is 91.6 Å². The summed E-state index contributed by atoms with van der Waals surface area (Å²) in [6, 6.07) is 15.0. The Balaban J connectivity index is 1.45. The lowest BCUT2D eigenvalue weighted by atomic mass is 10.1. The van der Waals surface area contributed by atoms with E-state index in [0.29, 0.717) is 16.3 Å². The number of benzene rings is 2. The summed E-state index contributed by atoms with van der Waals surface area (Å²) in [5.74, 6) is -0.311. The number of rotatable bonds is 6. The molecular formula is C29H30N4O4S. The van der Waals surface area contributed by atoms with E-state index >= 15 is 0 Å². The molecule has 0 atom stereocenters. The summed E-state index contributed by atoms with van der Waals surface area (Å²) >= 11 is 0.940. The molecule has 2 fully saturated rings. The van der Waals surface area contributed by atoms with Gasteiger partial charge in [0.05, 0.1) is 22.1 Å². The number of carbonyl (C=O) groups excluding carboxylic acids is 2. The SMILES string of the molecule is Cc1ccccc1CN1C(=O)S/C(=C\c2cc(C)n(-c3ccc(N4CCCCC4)c([N+](=O)[O-])c3)c2C)C1=O. The number of thioether (sulfide) groups is 1. The number of amides is 2. The van der Waals surface area contributed by atoms with Crippen molar-refractivity contribution in [2.45, 2.75) is 46.6 Å². The Hall–Kier alpha value is -3.85. The molecule has 5 rings (SSSR count). The summed E-state index contributed by atoms with van der Waals surface area (Å²) < 4.78 is 1.95. The predicted molar refractivity (Wildman–Crippen MR) is 151 cm³/mol. The molecule has 2 saturated heterocycles. The highest BCUT2D eigenvalue weighted by atomic mass is 32.2. The largest absolute Gasteiger partial charge is 0.366 e. The van der Waals surface area contributed by atoms with Crippen LogP contribution in [0.15, 0.2) is 53.4 Å². The fraction of sp³-hybridized carbons (Fsp3) is 0.310. The molecule has 0 saturated carbocycles. The van der Waals surface area contributed by atoms with Gasteiger partial charge in [-0.2, -0.15) is 0 Å². The lowest BCUT2D eigenvalue weighted by molar-refractivity contribution is -0.384. The zero-order chi connectivity index (χ0) is 27.0. The van der Waals surface area contributed by atoms with Gasteiger partial charge in [-0.25, -0.2) is 0 Å². The molecule has 8 nitrogen and oxygen atoms in total. The molecule has 2 aliphatic rings. The molecule has 0 unspecified atom stereocenters. The second-order valence-corrected chi connectivity index (χ2v) is 10.8. The average molecular weight is 531 g/mol. The average Bonchev–Trinajstić information content (AvgIpc) is 3.34. The smallest absolute Gasteiger partial charge is 0.294 e. The van der Waals surface area contributed by atoms with Crippen molar-refractivity contribution in [3.63, 3.8) is 0 Å². The molecule has 3 heterocycles. The highest BCUT2D eigenvalue weighted by Gasteiger charge is 2.35. The summed E-state index contributed by atoms with van der Waals surface area (Å²) in [5.41, 5.74) is 5.93. The van der Waals surface area contributed by atoms with Gasteiger partial charge in [-0.15, -0.1) is 0 Å². The van der Waals surface area contributed by atoms with Crippen LogP contribution in [0.1, 0.15) is 47.3 Å². The Labute approximate surface area is 226 Å². The van der Waals surface area contributed by atoms with Crippen LogP contribution < -0.4 is 4.90 Å². The van der Waals surface area contributed by atoms with Gasteiger partial charge in [-0.1, -0.05) is 24.3 Å². The third-order valence-corrected chi connectivity index (χ3v) is 8.24. The Kier molecular flexibility index (Phi) is 7.12. The van der Waals surface area contributed by atoms with E-state index in [1.807, 2.05) is 67.8 Å². The summed E-state index contributed by atoms with van der Waals surface area (Å²) in [6.07, 6.45) is 4.97. The van der Waals surface area contributed by atoms with E-state index in [4.69, 9.17) is 0 Å². The Morgan fingerprint density at radius 3 is 2.45 bits per heavy atom. The number of nitro groups is 1. The molecule has 0 spiro atoms. The highest BCUT2D eigenvalue weighted by molar-refractivity contribution is 8.18. The van der Waals surface area contributed by atoms with Crippen molar-refractivity contribution in [1.82, 2.24) is 9.47 Å². The molecule has 3 aromatic rings. The second-order valence-electron chi connectivity index (χ2n) is 9.83. The van der Waals surface area contributed by atoms with Crippen molar-refractivity contribution in [3.8, 4) is 5.69 Å². The number of piperidine rings is 1. The normalized spacial score (nSPS) is 17.1. The number of imide groups is 1. The number of aryl methyl sites for hydroxylation is 2. The van der Waals surface area contributed by atoms with Crippen molar-refractivity contribution in [1.29, 1.82) is 0 Å². The zero-order valence-corrected chi connectivity index (χ0v) is 22.6.